The van der Waals surface area contributed by atoms with Crippen LogP contribution in [-0.4, -0.2) is 38.6 Å². The van der Waals surface area contributed by atoms with Crippen molar-refractivity contribution >= 4 is 17.5 Å². The molecule has 0 spiro atoms. The number of ether oxygens (including phenoxy) is 2. The van der Waals surface area contributed by atoms with Crippen molar-refractivity contribution in [3.63, 3.8) is 0 Å². The molecule has 0 radical (unpaired) electrons. The lowest BCUT2D eigenvalue weighted by Crippen LogP contribution is -2.37. The Bertz CT molecular complexity index is 817. The maximum atomic E-state index is 12.7. The van der Waals surface area contributed by atoms with Crippen LogP contribution < -0.4 is 19.7 Å². The Morgan fingerprint density at radius 3 is 2.50 bits per heavy atom. The fourth-order valence-corrected chi connectivity index (χ4v) is 3.11. The summed E-state index contributed by atoms with van der Waals surface area (Å²) in [5.41, 5.74) is 2.36. The molecule has 1 atom stereocenters. The lowest BCUT2D eigenvalue weighted by atomic mass is 10.1. The first-order valence-electron chi connectivity index (χ1n) is 8.42. The van der Waals surface area contributed by atoms with Crippen molar-refractivity contribution in [2.75, 3.05) is 25.7 Å². The second-order valence-corrected chi connectivity index (χ2v) is 6.26. The summed E-state index contributed by atoms with van der Waals surface area (Å²) in [6.45, 7) is 2.44. The fourth-order valence-electron chi connectivity index (χ4n) is 3.11. The maximum Gasteiger partial charge on any atom is 0.255 e. The lowest BCUT2D eigenvalue weighted by molar-refractivity contribution is -0.117. The topological polar surface area (TPSA) is 67.9 Å². The molecule has 1 saturated heterocycles. The van der Waals surface area contributed by atoms with Gasteiger partial charge >= 0.3 is 0 Å². The van der Waals surface area contributed by atoms with E-state index in [0.717, 1.165) is 11.3 Å². The second-order valence-electron chi connectivity index (χ2n) is 6.26. The number of aryl methyl sites for hydroxylation is 1. The molecule has 2 aromatic carbocycles. The molecule has 2 aromatic rings. The van der Waals surface area contributed by atoms with Crippen LogP contribution >= 0.6 is 0 Å². The Morgan fingerprint density at radius 1 is 1.12 bits per heavy atom. The molecular weight excluding hydrogens is 332 g/mol. The van der Waals surface area contributed by atoms with Crippen molar-refractivity contribution < 1.29 is 19.1 Å². The molecule has 6 nitrogen and oxygen atoms in total. The molecule has 1 aliphatic rings. The predicted octanol–water partition coefficient (Wildman–Crippen LogP) is 2.55. The van der Waals surface area contributed by atoms with Gasteiger partial charge in [-0.25, -0.2) is 0 Å². The Balaban J connectivity index is 1.73. The summed E-state index contributed by atoms with van der Waals surface area (Å²) in [5, 5.41) is 2.93. The number of para-hydroxylation sites is 1. The quantitative estimate of drug-likeness (QED) is 0.896. The van der Waals surface area contributed by atoms with Crippen molar-refractivity contribution in [3.8, 4) is 11.5 Å². The van der Waals surface area contributed by atoms with Gasteiger partial charge in [-0.1, -0.05) is 23.8 Å². The van der Waals surface area contributed by atoms with Crippen LogP contribution in [0.25, 0.3) is 0 Å². The molecule has 6 heteroatoms. The number of hydrogen-bond acceptors (Lipinski definition) is 4. The Morgan fingerprint density at radius 2 is 1.85 bits per heavy atom. The highest BCUT2D eigenvalue weighted by molar-refractivity contribution is 6.00. The second kappa shape index (κ2) is 7.47. The first kappa shape index (κ1) is 17.8. The van der Waals surface area contributed by atoms with E-state index in [9.17, 15) is 9.59 Å². The molecule has 0 aromatic heterocycles. The van der Waals surface area contributed by atoms with Gasteiger partial charge in [-0.3, -0.25) is 9.59 Å². The Kier molecular flexibility index (Phi) is 5.11. The van der Waals surface area contributed by atoms with E-state index in [2.05, 4.69) is 5.32 Å². The molecule has 3 rings (SSSR count). The zero-order valence-corrected chi connectivity index (χ0v) is 15.1. The van der Waals surface area contributed by atoms with Gasteiger partial charge < -0.3 is 19.7 Å². The number of rotatable bonds is 5. The summed E-state index contributed by atoms with van der Waals surface area (Å²) in [7, 11) is 3.02. The van der Waals surface area contributed by atoms with E-state index in [1.165, 1.54) is 14.2 Å². The molecule has 1 N–H and O–H groups in total. The monoisotopic (exact) mass is 354 g/mol. The number of amides is 2. The van der Waals surface area contributed by atoms with Crippen molar-refractivity contribution in [2.24, 2.45) is 0 Å². The first-order valence-corrected chi connectivity index (χ1v) is 8.42. The van der Waals surface area contributed by atoms with E-state index < -0.39 is 0 Å². The van der Waals surface area contributed by atoms with Crippen LogP contribution in [0.1, 0.15) is 22.3 Å². The molecule has 2 amide bonds. The summed E-state index contributed by atoms with van der Waals surface area (Å²) in [5.74, 6) is 0.581. The number of methoxy groups -OCH3 is 2. The van der Waals surface area contributed by atoms with Crippen LogP contribution in [0.3, 0.4) is 0 Å². The molecule has 0 saturated carbocycles. The first-order chi connectivity index (χ1) is 12.5. The largest absolute Gasteiger partial charge is 0.493 e. The number of carbonyl (C=O) groups is 2. The molecule has 1 fully saturated rings. The normalized spacial score (nSPS) is 16.5. The number of anilines is 1. The smallest absolute Gasteiger partial charge is 0.255 e. The van der Waals surface area contributed by atoms with Crippen LogP contribution in [0.4, 0.5) is 5.69 Å². The number of benzene rings is 2. The van der Waals surface area contributed by atoms with Gasteiger partial charge in [0.05, 0.1) is 25.8 Å². The molecule has 136 valence electrons. The summed E-state index contributed by atoms with van der Waals surface area (Å²) in [4.78, 5) is 26.7. The minimum absolute atomic E-state index is 0.00300. The molecular formula is C20H22N2O4. The van der Waals surface area contributed by atoms with Crippen LogP contribution in [0.2, 0.25) is 0 Å². The number of carbonyl (C=O) groups excluding carboxylic acids is 2. The highest BCUT2D eigenvalue weighted by Gasteiger charge is 2.32. The van der Waals surface area contributed by atoms with Gasteiger partial charge in [0.1, 0.15) is 0 Å². The summed E-state index contributed by atoms with van der Waals surface area (Å²) in [6, 6.07) is 12.6. The van der Waals surface area contributed by atoms with E-state index in [-0.39, 0.29) is 24.3 Å². The fraction of sp³-hybridized carbons (Fsp3) is 0.300. The highest BCUT2D eigenvalue weighted by Crippen LogP contribution is 2.31. The molecule has 1 unspecified atom stereocenters. The standard InChI is InChI=1S/C20H22N2O4/c1-13-7-9-15(10-8-13)22-12-14(11-18(22)23)21-20(24)16-5-4-6-17(25-2)19(16)26-3/h4-10,14H,11-12H2,1-3H3,(H,21,24). The number of nitrogens with zero attached hydrogens (tertiary/aromatic N) is 1. The Labute approximate surface area is 152 Å². The third kappa shape index (κ3) is 3.49. The van der Waals surface area contributed by atoms with Crippen molar-refractivity contribution in [2.45, 2.75) is 19.4 Å². The third-order valence-electron chi connectivity index (χ3n) is 4.45. The minimum atomic E-state index is -0.288. The van der Waals surface area contributed by atoms with Gasteiger partial charge in [0.15, 0.2) is 11.5 Å². The molecule has 26 heavy (non-hydrogen) atoms. The zero-order chi connectivity index (χ0) is 18.7. The summed E-state index contributed by atoms with van der Waals surface area (Å²) in [6.07, 6.45) is 0.270. The summed E-state index contributed by atoms with van der Waals surface area (Å²) < 4.78 is 10.5. The van der Waals surface area contributed by atoms with Crippen LogP contribution in [0.5, 0.6) is 11.5 Å². The van der Waals surface area contributed by atoms with Crippen LogP contribution in [0, 0.1) is 6.92 Å². The minimum Gasteiger partial charge on any atom is -0.493 e. The van der Waals surface area contributed by atoms with Gasteiger partial charge in [-0.2, -0.15) is 0 Å². The average molecular weight is 354 g/mol. The van der Waals surface area contributed by atoms with Crippen LogP contribution in [-0.2, 0) is 4.79 Å². The molecule has 0 bridgehead atoms. The highest BCUT2D eigenvalue weighted by atomic mass is 16.5. The third-order valence-corrected chi connectivity index (χ3v) is 4.45. The molecule has 1 aliphatic heterocycles. The van der Waals surface area contributed by atoms with Crippen LogP contribution in [0.15, 0.2) is 42.5 Å². The van der Waals surface area contributed by atoms with E-state index >= 15 is 0 Å². The lowest BCUT2D eigenvalue weighted by Gasteiger charge is -2.18. The average Bonchev–Trinajstić information content (AvgIpc) is 3.01. The van der Waals surface area contributed by atoms with E-state index in [4.69, 9.17) is 9.47 Å². The number of hydrogen-bond donors (Lipinski definition) is 1. The van der Waals surface area contributed by atoms with Gasteiger partial charge in [-0.15, -0.1) is 0 Å². The van der Waals surface area contributed by atoms with Crippen molar-refractivity contribution in [1.82, 2.24) is 5.32 Å². The van der Waals surface area contributed by atoms with E-state index in [1.54, 1.807) is 23.1 Å². The number of nitrogens with one attached hydrogen (secondary N) is 1. The van der Waals surface area contributed by atoms with Gasteiger partial charge in [0, 0.05) is 18.7 Å². The van der Waals surface area contributed by atoms with Crippen molar-refractivity contribution in [1.29, 1.82) is 0 Å². The van der Waals surface area contributed by atoms with Gasteiger partial charge in [0.2, 0.25) is 5.91 Å². The maximum absolute atomic E-state index is 12.7. The predicted molar refractivity (Wildman–Crippen MR) is 98.9 cm³/mol. The zero-order valence-electron chi connectivity index (χ0n) is 15.1. The summed E-state index contributed by atoms with van der Waals surface area (Å²) >= 11 is 0. The Hall–Kier alpha value is -3.02. The SMILES string of the molecule is COc1cccc(C(=O)NC2CC(=O)N(c3ccc(C)cc3)C2)c1OC. The molecule has 1 heterocycles. The van der Waals surface area contributed by atoms with Gasteiger partial charge in [0.25, 0.3) is 5.91 Å². The van der Waals surface area contributed by atoms with Gasteiger partial charge in [-0.05, 0) is 31.2 Å². The van der Waals surface area contributed by atoms with E-state index in [0.29, 0.717) is 23.6 Å². The molecule has 0 aliphatic carbocycles. The van der Waals surface area contributed by atoms with E-state index in [1.807, 2.05) is 31.2 Å². The van der Waals surface area contributed by atoms with Crippen molar-refractivity contribution in [3.05, 3.63) is 53.6 Å².